The van der Waals surface area contributed by atoms with Crippen LogP contribution in [-0.4, -0.2) is 49.4 Å². The van der Waals surface area contributed by atoms with Crippen LogP contribution >= 0.6 is 0 Å². The van der Waals surface area contributed by atoms with Gasteiger partial charge in [0, 0.05) is 0 Å². The second-order valence-electron chi connectivity index (χ2n) is 4.77. The van der Waals surface area contributed by atoms with E-state index in [0.29, 0.717) is 0 Å². The Morgan fingerprint density at radius 1 is 1.57 bits per heavy atom. The van der Waals surface area contributed by atoms with Crippen molar-refractivity contribution in [3.05, 3.63) is 22.5 Å². The van der Waals surface area contributed by atoms with Crippen molar-refractivity contribution in [2.24, 2.45) is 0 Å². The second-order valence-corrected chi connectivity index (χ2v) is 4.77. The van der Waals surface area contributed by atoms with Crippen molar-refractivity contribution < 1.29 is 23.0 Å². The average Bonchev–Trinajstić information content (AvgIpc) is 2.95. The molecule has 10 heteroatoms. The van der Waals surface area contributed by atoms with Crippen LogP contribution in [0.15, 0.2) is 11.1 Å². The number of aromatic amines is 1. The summed E-state index contributed by atoms with van der Waals surface area (Å²) < 4.78 is 47.0. The van der Waals surface area contributed by atoms with Gasteiger partial charge in [-0.1, -0.05) is 0 Å². The number of nitrogens with one attached hydrogen (secondary N) is 1. The van der Waals surface area contributed by atoms with Gasteiger partial charge in [-0.15, -0.1) is 0 Å². The molecule has 1 aliphatic heterocycles. The Hall–Kier alpha value is -1.94. The molecule has 0 aromatic carbocycles. The van der Waals surface area contributed by atoms with Crippen molar-refractivity contribution in [1.29, 1.82) is 0 Å². The maximum Gasteiger partial charge on any atom is 0.279 e. The first-order chi connectivity index (χ1) is 9.87. The number of hydrogen-bond donors (Lipinski definition) is 2. The summed E-state index contributed by atoms with van der Waals surface area (Å²) in [5.41, 5.74) is -0.722. The number of imidazole rings is 1. The largest absolute Gasteiger partial charge is 0.390 e. The Labute approximate surface area is 115 Å². The van der Waals surface area contributed by atoms with Crippen LogP contribution in [0.1, 0.15) is 12.1 Å². The summed E-state index contributed by atoms with van der Waals surface area (Å²) in [6.07, 6.45) is -5.73. The van der Waals surface area contributed by atoms with Crippen LogP contribution < -0.4 is 5.56 Å². The normalized spacial score (nSPS) is 32.9. The molecule has 0 aliphatic carbocycles. The Morgan fingerprint density at radius 3 is 2.90 bits per heavy atom. The molecule has 0 bridgehead atoms. The molecule has 1 fully saturated rings. The number of alkyl halides is 3. The maximum absolute atomic E-state index is 13.9. The van der Waals surface area contributed by atoms with Gasteiger partial charge in [-0.25, -0.2) is 23.1 Å². The first-order valence-corrected chi connectivity index (χ1v) is 6.06. The van der Waals surface area contributed by atoms with E-state index in [0.717, 1.165) is 10.9 Å². The highest BCUT2D eigenvalue weighted by molar-refractivity contribution is 5.69. The van der Waals surface area contributed by atoms with E-state index in [2.05, 4.69) is 19.7 Å². The third-order valence-corrected chi connectivity index (χ3v) is 3.32. The number of nitrogens with zero attached hydrogens (tertiary/aromatic N) is 3. The van der Waals surface area contributed by atoms with Crippen LogP contribution in [0.25, 0.3) is 11.2 Å². The standard InChI is InChI=1S/C11H11F3N4O3/c1-4-16-8-6(9(20)17-4)15-3-18(8)10-5(12)7(13)11(14,2-19)21-10/h3,5,7,10,19H,2H2,1H3,(H,16,17,20)/t5-,7+,10-,11-/m1/s1. The number of aryl methyl sites for hydroxylation is 1. The highest BCUT2D eigenvalue weighted by atomic mass is 19.2. The number of aliphatic hydroxyl groups is 1. The molecule has 0 saturated carbocycles. The lowest BCUT2D eigenvalue weighted by Gasteiger charge is -2.18. The third kappa shape index (κ3) is 1.94. The molecule has 3 heterocycles. The van der Waals surface area contributed by atoms with E-state index in [1.165, 1.54) is 6.92 Å². The van der Waals surface area contributed by atoms with Crippen LogP contribution in [0.5, 0.6) is 0 Å². The van der Waals surface area contributed by atoms with Gasteiger partial charge in [0.05, 0.1) is 6.33 Å². The summed E-state index contributed by atoms with van der Waals surface area (Å²) in [5.74, 6) is -2.91. The summed E-state index contributed by atoms with van der Waals surface area (Å²) >= 11 is 0. The Kier molecular flexibility index (Phi) is 3.02. The number of H-pyrrole nitrogens is 1. The number of aliphatic hydroxyl groups excluding tert-OH is 1. The minimum Gasteiger partial charge on any atom is -0.390 e. The van der Waals surface area contributed by atoms with Crippen molar-refractivity contribution in [1.82, 2.24) is 19.5 Å². The molecule has 2 N–H and O–H groups in total. The van der Waals surface area contributed by atoms with Gasteiger partial charge in [0.1, 0.15) is 12.4 Å². The van der Waals surface area contributed by atoms with E-state index in [1.54, 1.807) is 0 Å². The minimum absolute atomic E-state index is 0.0571. The van der Waals surface area contributed by atoms with E-state index in [9.17, 15) is 18.0 Å². The van der Waals surface area contributed by atoms with Crippen molar-refractivity contribution in [3.8, 4) is 0 Å². The van der Waals surface area contributed by atoms with E-state index in [4.69, 9.17) is 5.11 Å². The Balaban J connectivity index is 2.12. The molecule has 21 heavy (non-hydrogen) atoms. The number of rotatable bonds is 2. The molecule has 0 amide bonds. The molecule has 0 spiro atoms. The van der Waals surface area contributed by atoms with Gasteiger partial charge >= 0.3 is 0 Å². The molecule has 3 rings (SSSR count). The van der Waals surface area contributed by atoms with Gasteiger partial charge in [0.15, 0.2) is 29.7 Å². The van der Waals surface area contributed by atoms with E-state index < -0.39 is 36.6 Å². The predicted octanol–water partition coefficient (Wildman–Crippen LogP) is 0.291. The molecule has 1 aliphatic rings. The van der Waals surface area contributed by atoms with Gasteiger partial charge in [-0.05, 0) is 6.92 Å². The highest BCUT2D eigenvalue weighted by Crippen LogP contribution is 2.42. The molecule has 7 nitrogen and oxygen atoms in total. The molecule has 2 aromatic rings. The fraction of sp³-hybridized carbons (Fsp3) is 0.545. The van der Waals surface area contributed by atoms with E-state index in [-0.39, 0.29) is 17.0 Å². The van der Waals surface area contributed by atoms with Crippen LogP contribution in [-0.2, 0) is 4.74 Å². The topological polar surface area (TPSA) is 93.0 Å². The molecule has 114 valence electrons. The number of fused-ring (bicyclic) bond motifs is 1. The lowest BCUT2D eigenvalue weighted by Crippen LogP contribution is -2.38. The van der Waals surface area contributed by atoms with Crippen LogP contribution in [0.3, 0.4) is 0 Å². The van der Waals surface area contributed by atoms with Crippen molar-refractivity contribution in [2.75, 3.05) is 6.61 Å². The van der Waals surface area contributed by atoms with Gasteiger partial charge in [-0.3, -0.25) is 9.36 Å². The van der Waals surface area contributed by atoms with Crippen molar-refractivity contribution in [3.63, 3.8) is 0 Å². The van der Waals surface area contributed by atoms with Gasteiger partial charge < -0.3 is 14.8 Å². The number of ether oxygens (including phenoxy) is 1. The van der Waals surface area contributed by atoms with Crippen molar-refractivity contribution >= 4 is 11.2 Å². The SMILES string of the molecule is Cc1nc2c(ncn2[C@@H]2O[C@](F)(CO)[C@@H](F)[C@H]2F)c(=O)[nH]1. The lowest BCUT2D eigenvalue weighted by atomic mass is 10.1. The average molecular weight is 304 g/mol. The smallest absolute Gasteiger partial charge is 0.279 e. The molecule has 2 aromatic heterocycles. The molecule has 0 radical (unpaired) electrons. The molecular weight excluding hydrogens is 293 g/mol. The summed E-state index contributed by atoms with van der Waals surface area (Å²) in [5, 5.41) is 8.83. The fourth-order valence-corrected chi connectivity index (χ4v) is 2.27. The van der Waals surface area contributed by atoms with Crippen molar-refractivity contribution in [2.45, 2.75) is 31.3 Å². The van der Waals surface area contributed by atoms with Gasteiger partial charge in [0.2, 0.25) is 0 Å². The Morgan fingerprint density at radius 2 is 2.29 bits per heavy atom. The second kappa shape index (κ2) is 4.53. The lowest BCUT2D eigenvalue weighted by molar-refractivity contribution is -0.195. The van der Waals surface area contributed by atoms with Crippen LogP contribution in [0, 0.1) is 6.92 Å². The quantitative estimate of drug-likeness (QED) is 0.832. The zero-order chi connectivity index (χ0) is 15.4. The van der Waals surface area contributed by atoms with E-state index >= 15 is 0 Å². The van der Waals surface area contributed by atoms with Crippen LogP contribution in [0.2, 0.25) is 0 Å². The van der Waals surface area contributed by atoms with Crippen LogP contribution in [0.4, 0.5) is 13.2 Å². The Bertz CT molecular complexity index is 748. The van der Waals surface area contributed by atoms with Gasteiger partial charge in [0.25, 0.3) is 11.4 Å². The number of aromatic nitrogens is 4. The monoisotopic (exact) mass is 304 g/mol. The van der Waals surface area contributed by atoms with Gasteiger partial charge in [-0.2, -0.15) is 0 Å². The molecular formula is C11H11F3N4O3. The zero-order valence-corrected chi connectivity index (χ0v) is 10.8. The zero-order valence-electron chi connectivity index (χ0n) is 10.8. The predicted molar refractivity (Wildman–Crippen MR) is 63.7 cm³/mol. The van der Waals surface area contributed by atoms with E-state index in [1.807, 2.05) is 0 Å². The third-order valence-electron chi connectivity index (χ3n) is 3.32. The molecule has 4 atom stereocenters. The first kappa shape index (κ1) is 14.0. The summed E-state index contributed by atoms with van der Waals surface area (Å²) in [6.45, 7) is 0.163. The first-order valence-electron chi connectivity index (χ1n) is 6.06. The molecule has 0 unspecified atom stereocenters. The molecule has 1 saturated heterocycles. The number of halogens is 3. The number of hydrogen-bond acceptors (Lipinski definition) is 5. The maximum atomic E-state index is 13.9. The summed E-state index contributed by atoms with van der Waals surface area (Å²) in [4.78, 5) is 21.8. The minimum atomic E-state index is -3.14. The summed E-state index contributed by atoms with van der Waals surface area (Å²) in [7, 11) is 0. The summed E-state index contributed by atoms with van der Waals surface area (Å²) in [6, 6.07) is 0. The highest BCUT2D eigenvalue weighted by Gasteiger charge is 2.58. The fourth-order valence-electron chi connectivity index (χ4n) is 2.27.